The Hall–Kier alpha value is -3.07. The zero-order chi connectivity index (χ0) is 18.0. The summed E-state index contributed by atoms with van der Waals surface area (Å²) in [6.45, 7) is 1.53. The number of hydrogen-bond acceptors (Lipinski definition) is 5. The number of rotatable bonds is 4. The monoisotopic (exact) mass is 401 g/mol. The highest BCUT2D eigenvalue weighted by atomic mass is 79.9. The second kappa shape index (κ2) is 6.81. The fraction of sp³-hybridized carbons (Fsp3) is 0.0625. The molecular weight excluding hydrogens is 390 g/mol. The molecule has 0 aliphatic heterocycles. The van der Waals surface area contributed by atoms with E-state index in [1.165, 1.54) is 25.1 Å². The van der Waals surface area contributed by atoms with E-state index in [4.69, 9.17) is 0 Å². The molecule has 1 aromatic heterocycles. The normalized spacial score (nSPS) is 10.5. The molecule has 3 aromatic rings. The minimum absolute atomic E-state index is 0.0915. The number of amides is 1. The molecule has 2 aromatic carbocycles. The Kier molecular flexibility index (Phi) is 4.57. The van der Waals surface area contributed by atoms with Gasteiger partial charge in [-0.05, 0) is 25.1 Å². The highest BCUT2D eigenvalue weighted by Crippen LogP contribution is 2.22. The molecule has 0 radical (unpaired) electrons. The van der Waals surface area contributed by atoms with Gasteiger partial charge in [0.25, 0.3) is 11.6 Å². The van der Waals surface area contributed by atoms with Crippen LogP contribution < -0.4 is 5.32 Å². The number of anilines is 1. The molecule has 0 spiro atoms. The molecule has 0 bridgehead atoms. The number of nitrogens with one attached hydrogen (secondary N) is 2. The first-order chi connectivity index (χ1) is 12.0. The molecule has 1 amide bonds. The van der Waals surface area contributed by atoms with Crippen LogP contribution in [0.25, 0.3) is 11.4 Å². The highest BCUT2D eigenvalue weighted by Gasteiger charge is 2.19. The zero-order valence-electron chi connectivity index (χ0n) is 13.0. The Labute approximate surface area is 150 Å². The number of carbonyl (C=O) groups is 1. The SMILES string of the molecule is Cc1c(C(=O)Nc2n[nH]c(-c3ccc(Br)cc3)n2)cccc1[N+](=O)[O-]. The highest BCUT2D eigenvalue weighted by molar-refractivity contribution is 9.10. The molecule has 0 aliphatic carbocycles. The summed E-state index contributed by atoms with van der Waals surface area (Å²) in [5.41, 5.74) is 1.18. The molecule has 0 aliphatic rings. The summed E-state index contributed by atoms with van der Waals surface area (Å²) in [4.78, 5) is 27.0. The first kappa shape index (κ1) is 16.8. The molecule has 25 heavy (non-hydrogen) atoms. The molecule has 0 unspecified atom stereocenters. The van der Waals surface area contributed by atoms with Gasteiger partial charge in [0.05, 0.1) is 4.92 Å². The largest absolute Gasteiger partial charge is 0.289 e. The third-order valence-electron chi connectivity index (χ3n) is 3.57. The van der Waals surface area contributed by atoms with Crippen LogP contribution in [0.4, 0.5) is 11.6 Å². The van der Waals surface area contributed by atoms with Gasteiger partial charge in [-0.3, -0.25) is 25.3 Å². The molecule has 126 valence electrons. The Bertz CT molecular complexity index is 953. The van der Waals surface area contributed by atoms with Crippen molar-refractivity contribution in [3.63, 3.8) is 0 Å². The van der Waals surface area contributed by atoms with Gasteiger partial charge >= 0.3 is 0 Å². The van der Waals surface area contributed by atoms with Gasteiger partial charge in [0, 0.05) is 27.2 Å². The van der Waals surface area contributed by atoms with Crippen molar-refractivity contribution >= 4 is 33.5 Å². The molecule has 3 rings (SSSR count). The maximum Gasteiger partial charge on any atom is 0.273 e. The third kappa shape index (κ3) is 3.56. The molecule has 1 heterocycles. The van der Waals surface area contributed by atoms with Gasteiger partial charge in [0.2, 0.25) is 5.95 Å². The quantitative estimate of drug-likeness (QED) is 0.510. The summed E-state index contributed by atoms with van der Waals surface area (Å²) in [5, 5.41) is 20.2. The molecule has 8 nitrogen and oxygen atoms in total. The van der Waals surface area contributed by atoms with Crippen molar-refractivity contribution in [1.29, 1.82) is 0 Å². The number of aromatic nitrogens is 3. The Balaban J connectivity index is 1.82. The maximum absolute atomic E-state index is 12.4. The lowest BCUT2D eigenvalue weighted by molar-refractivity contribution is -0.385. The second-order valence-electron chi connectivity index (χ2n) is 5.18. The van der Waals surface area contributed by atoms with Crippen molar-refractivity contribution in [3.05, 3.63) is 68.2 Å². The van der Waals surface area contributed by atoms with Crippen LogP contribution in [0, 0.1) is 17.0 Å². The van der Waals surface area contributed by atoms with Crippen LogP contribution in [-0.2, 0) is 0 Å². The van der Waals surface area contributed by atoms with E-state index >= 15 is 0 Å². The minimum atomic E-state index is -0.523. The second-order valence-corrected chi connectivity index (χ2v) is 6.09. The number of nitro benzene ring substituents is 1. The number of hydrogen-bond donors (Lipinski definition) is 2. The molecular formula is C16H12BrN5O3. The van der Waals surface area contributed by atoms with E-state index in [1.54, 1.807) is 0 Å². The lowest BCUT2D eigenvalue weighted by Gasteiger charge is -2.05. The summed E-state index contributed by atoms with van der Waals surface area (Å²) in [7, 11) is 0. The lowest BCUT2D eigenvalue weighted by Crippen LogP contribution is -2.15. The lowest BCUT2D eigenvalue weighted by atomic mass is 10.1. The van der Waals surface area contributed by atoms with E-state index in [-0.39, 0.29) is 22.8 Å². The van der Waals surface area contributed by atoms with Crippen LogP contribution in [0.5, 0.6) is 0 Å². The predicted octanol–water partition coefficient (Wildman–Crippen LogP) is 3.70. The van der Waals surface area contributed by atoms with Crippen LogP contribution in [0.3, 0.4) is 0 Å². The van der Waals surface area contributed by atoms with Gasteiger partial charge in [-0.2, -0.15) is 4.98 Å². The van der Waals surface area contributed by atoms with Crippen LogP contribution in [0.15, 0.2) is 46.9 Å². The van der Waals surface area contributed by atoms with Crippen molar-refractivity contribution in [2.45, 2.75) is 6.92 Å². The van der Waals surface area contributed by atoms with Gasteiger partial charge in [-0.1, -0.05) is 34.1 Å². The fourth-order valence-corrected chi connectivity index (χ4v) is 2.56. The van der Waals surface area contributed by atoms with E-state index in [0.717, 1.165) is 10.0 Å². The molecule has 0 saturated carbocycles. The van der Waals surface area contributed by atoms with E-state index in [2.05, 4.69) is 36.4 Å². The molecule has 2 N–H and O–H groups in total. The Morgan fingerprint density at radius 2 is 1.96 bits per heavy atom. The number of halogens is 1. The summed E-state index contributed by atoms with van der Waals surface area (Å²) >= 11 is 3.35. The molecule has 9 heteroatoms. The molecule has 0 atom stereocenters. The summed E-state index contributed by atoms with van der Waals surface area (Å²) < 4.78 is 0.936. The Morgan fingerprint density at radius 1 is 1.24 bits per heavy atom. The smallest absolute Gasteiger partial charge is 0.273 e. The number of nitrogens with zero attached hydrogens (tertiary/aromatic N) is 3. The first-order valence-corrected chi connectivity index (χ1v) is 7.98. The summed E-state index contributed by atoms with van der Waals surface area (Å²) in [5.74, 6) is 0.0787. The van der Waals surface area contributed by atoms with Crippen molar-refractivity contribution < 1.29 is 9.72 Å². The number of H-pyrrole nitrogens is 1. The predicted molar refractivity (Wildman–Crippen MR) is 95.3 cm³/mol. The average Bonchev–Trinajstić information content (AvgIpc) is 3.03. The number of carbonyl (C=O) groups excluding carboxylic acids is 1. The van der Waals surface area contributed by atoms with E-state index in [9.17, 15) is 14.9 Å². The average molecular weight is 402 g/mol. The van der Waals surface area contributed by atoms with Crippen molar-refractivity contribution in [2.75, 3.05) is 5.32 Å². The van der Waals surface area contributed by atoms with E-state index in [0.29, 0.717) is 5.82 Å². The molecule has 0 saturated heterocycles. The van der Waals surface area contributed by atoms with Crippen molar-refractivity contribution in [3.8, 4) is 11.4 Å². The van der Waals surface area contributed by atoms with Crippen molar-refractivity contribution in [1.82, 2.24) is 15.2 Å². The van der Waals surface area contributed by atoms with Gasteiger partial charge in [0.15, 0.2) is 5.82 Å². The minimum Gasteiger partial charge on any atom is -0.289 e. The third-order valence-corrected chi connectivity index (χ3v) is 4.10. The Morgan fingerprint density at radius 3 is 2.64 bits per heavy atom. The van der Waals surface area contributed by atoms with Crippen LogP contribution >= 0.6 is 15.9 Å². The summed E-state index contributed by atoms with van der Waals surface area (Å²) in [6.07, 6.45) is 0. The van der Waals surface area contributed by atoms with Gasteiger partial charge in [-0.15, -0.1) is 5.10 Å². The topological polar surface area (TPSA) is 114 Å². The van der Waals surface area contributed by atoms with Crippen molar-refractivity contribution in [2.24, 2.45) is 0 Å². The molecule has 0 fully saturated rings. The maximum atomic E-state index is 12.4. The van der Waals surface area contributed by atoms with Gasteiger partial charge in [-0.25, -0.2) is 0 Å². The fourth-order valence-electron chi connectivity index (χ4n) is 2.29. The zero-order valence-corrected chi connectivity index (χ0v) is 14.6. The first-order valence-electron chi connectivity index (χ1n) is 7.19. The standard InChI is InChI=1S/C16H12BrN5O3/c1-9-12(3-2-4-13(9)22(24)25)15(23)19-16-18-14(20-21-16)10-5-7-11(17)8-6-10/h2-8H,1H3,(H2,18,19,20,21,23). The summed E-state index contributed by atoms with van der Waals surface area (Å²) in [6, 6.07) is 11.8. The number of nitro groups is 1. The van der Waals surface area contributed by atoms with E-state index < -0.39 is 10.8 Å². The number of benzene rings is 2. The van der Waals surface area contributed by atoms with Crippen LogP contribution in [0.2, 0.25) is 0 Å². The van der Waals surface area contributed by atoms with Gasteiger partial charge in [0.1, 0.15) is 0 Å². The van der Waals surface area contributed by atoms with Crippen LogP contribution in [-0.4, -0.2) is 26.0 Å². The van der Waals surface area contributed by atoms with Crippen LogP contribution in [0.1, 0.15) is 15.9 Å². The van der Waals surface area contributed by atoms with E-state index in [1.807, 2.05) is 24.3 Å². The van der Waals surface area contributed by atoms with Gasteiger partial charge < -0.3 is 0 Å². The number of aromatic amines is 1.